The van der Waals surface area contributed by atoms with Crippen LogP contribution in [0.5, 0.6) is 0 Å². The van der Waals surface area contributed by atoms with Gasteiger partial charge in [0.15, 0.2) is 0 Å². The van der Waals surface area contributed by atoms with E-state index >= 15 is 0 Å². The van der Waals surface area contributed by atoms with E-state index in [0.717, 1.165) is 32.2 Å². The van der Waals surface area contributed by atoms with Gasteiger partial charge >= 0.3 is 0 Å². The molecule has 0 saturated carbocycles. The van der Waals surface area contributed by atoms with Crippen LogP contribution >= 0.6 is 11.8 Å². The van der Waals surface area contributed by atoms with Gasteiger partial charge in [0.25, 0.3) is 0 Å². The molecule has 2 aliphatic rings. The van der Waals surface area contributed by atoms with Crippen molar-refractivity contribution in [1.29, 1.82) is 0 Å². The van der Waals surface area contributed by atoms with Gasteiger partial charge in [0.2, 0.25) is 5.91 Å². The van der Waals surface area contributed by atoms with Crippen LogP contribution < -0.4 is 21.9 Å². The first-order valence-electron chi connectivity index (χ1n) is 9.19. The van der Waals surface area contributed by atoms with Crippen LogP contribution in [0.15, 0.2) is 58.3 Å². The van der Waals surface area contributed by atoms with Crippen LogP contribution in [0.2, 0.25) is 0 Å². The number of quaternary nitrogens is 1. The number of likely N-dealkylation sites (tertiary alicyclic amines) is 1. The van der Waals surface area contributed by atoms with E-state index in [4.69, 9.17) is 0 Å². The lowest BCUT2D eigenvalue weighted by molar-refractivity contribution is -0.913. The molecule has 26 heavy (non-hydrogen) atoms. The maximum atomic E-state index is 13.2. The minimum Gasteiger partial charge on any atom is -1.00 e. The number of rotatable bonds is 3. The van der Waals surface area contributed by atoms with Crippen LogP contribution in [-0.2, 0) is 4.79 Å². The molecular formula is C21H25BrN2OS. The summed E-state index contributed by atoms with van der Waals surface area (Å²) >= 11 is 1.75. The zero-order chi connectivity index (χ0) is 17.3. The molecular weight excluding hydrogens is 408 g/mol. The number of anilines is 2. The molecule has 138 valence electrons. The molecule has 0 spiro atoms. The number of fused-ring (bicyclic) bond motifs is 2. The summed E-state index contributed by atoms with van der Waals surface area (Å²) in [7, 11) is 2.31. The fraction of sp³-hybridized carbons (Fsp3) is 0.381. The Morgan fingerprint density at radius 3 is 2.08 bits per heavy atom. The van der Waals surface area contributed by atoms with E-state index in [9.17, 15) is 4.79 Å². The van der Waals surface area contributed by atoms with Crippen LogP contribution in [0.1, 0.15) is 25.7 Å². The van der Waals surface area contributed by atoms with Gasteiger partial charge in [-0.1, -0.05) is 36.0 Å². The van der Waals surface area contributed by atoms with Gasteiger partial charge in [0.05, 0.1) is 44.5 Å². The highest BCUT2D eigenvalue weighted by atomic mass is 79.9. The molecule has 0 aliphatic carbocycles. The van der Waals surface area contributed by atoms with Crippen molar-refractivity contribution in [3.63, 3.8) is 0 Å². The van der Waals surface area contributed by atoms with Crippen molar-refractivity contribution in [1.82, 2.24) is 0 Å². The predicted octanol–water partition coefficient (Wildman–Crippen LogP) is 1.84. The fourth-order valence-corrected chi connectivity index (χ4v) is 5.01. The van der Waals surface area contributed by atoms with E-state index in [-0.39, 0.29) is 22.9 Å². The van der Waals surface area contributed by atoms with Crippen molar-refractivity contribution in [2.75, 3.05) is 31.6 Å². The molecule has 2 aromatic rings. The van der Waals surface area contributed by atoms with Crippen molar-refractivity contribution >= 4 is 29.0 Å². The number of carbonyl (C=O) groups excluding carboxylic acids is 1. The molecule has 5 heteroatoms. The SMILES string of the molecule is C[N+]1(CCC(=O)N2c3ccccc3Sc3ccccc32)CCCCC1.[Br-]. The lowest BCUT2D eigenvalue weighted by Gasteiger charge is -2.38. The number of hydrogen-bond donors (Lipinski definition) is 0. The topological polar surface area (TPSA) is 20.3 Å². The average molecular weight is 433 g/mol. The number of amides is 1. The number of nitrogens with zero attached hydrogens (tertiary/aromatic N) is 2. The lowest BCUT2D eigenvalue weighted by atomic mass is 10.1. The second-order valence-electron chi connectivity index (χ2n) is 7.37. The molecule has 0 atom stereocenters. The zero-order valence-electron chi connectivity index (χ0n) is 15.2. The third-order valence-corrected chi connectivity index (χ3v) is 6.57. The molecule has 0 radical (unpaired) electrons. The molecule has 4 rings (SSSR count). The Bertz CT molecular complexity index is 744. The molecule has 2 aromatic carbocycles. The zero-order valence-corrected chi connectivity index (χ0v) is 17.6. The molecule has 2 aliphatic heterocycles. The van der Waals surface area contributed by atoms with Gasteiger partial charge in [0, 0.05) is 9.79 Å². The van der Waals surface area contributed by atoms with E-state index in [2.05, 4.69) is 31.3 Å². The van der Waals surface area contributed by atoms with E-state index in [1.165, 1.54) is 32.4 Å². The monoisotopic (exact) mass is 432 g/mol. The van der Waals surface area contributed by atoms with Crippen LogP contribution in [0.25, 0.3) is 0 Å². The molecule has 1 amide bonds. The number of halogens is 1. The third-order valence-electron chi connectivity index (χ3n) is 5.44. The fourth-order valence-electron chi connectivity index (χ4n) is 3.95. The minimum absolute atomic E-state index is 0. The van der Waals surface area contributed by atoms with Gasteiger partial charge in [-0.2, -0.15) is 0 Å². The summed E-state index contributed by atoms with van der Waals surface area (Å²) in [6.45, 7) is 3.35. The highest BCUT2D eigenvalue weighted by Crippen LogP contribution is 2.48. The van der Waals surface area contributed by atoms with E-state index < -0.39 is 0 Å². The summed E-state index contributed by atoms with van der Waals surface area (Å²) in [4.78, 5) is 17.5. The van der Waals surface area contributed by atoms with Gasteiger partial charge < -0.3 is 21.5 Å². The highest BCUT2D eigenvalue weighted by molar-refractivity contribution is 7.99. The van der Waals surface area contributed by atoms with Gasteiger partial charge in [0.1, 0.15) is 0 Å². The number of hydrogen-bond acceptors (Lipinski definition) is 2. The molecule has 0 unspecified atom stereocenters. The standard InChI is InChI=1S/C21H25N2OS.BrH/c1-23(14-7-2-8-15-23)16-13-21(24)22-17-9-3-5-11-19(17)25-20-12-6-4-10-18(20)22;/h3-6,9-12H,2,7-8,13-16H2,1H3;1H/q+1;/p-1. The Labute approximate surface area is 170 Å². The summed E-state index contributed by atoms with van der Waals surface area (Å²) in [6, 6.07) is 16.5. The average Bonchev–Trinajstić information content (AvgIpc) is 2.65. The van der Waals surface area contributed by atoms with Gasteiger partial charge in [-0.25, -0.2) is 0 Å². The van der Waals surface area contributed by atoms with Crippen molar-refractivity contribution in [3.05, 3.63) is 48.5 Å². The predicted molar refractivity (Wildman–Crippen MR) is 103 cm³/mol. The summed E-state index contributed by atoms with van der Waals surface area (Å²) in [5, 5.41) is 0. The maximum Gasteiger partial charge on any atom is 0.237 e. The Hall–Kier alpha value is -1.30. The molecule has 2 heterocycles. The summed E-state index contributed by atoms with van der Waals surface area (Å²) in [6.07, 6.45) is 4.52. The van der Waals surface area contributed by atoms with Crippen LogP contribution in [0, 0.1) is 0 Å². The summed E-state index contributed by atoms with van der Waals surface area (Å²) < 4.78 is 1.04. The van der Waals surface area contributed by atoms with Crippen LogP contribution in [-0.4, -0.2) is 37.1 Å². The van der Waals surface area contributed by atoms with Crippen molar-refractivity contribution in [3.8, 4) is 0 Å². The van der Waals surface area contributed by atoms with Crippen molar-refractivity contribution in [2.45, 2.75) is 35.5 Å². The van der Waals surface area contributed by atoms with E-state index in [0.29, 0.717) is 6.42 Å². The Morgan fingerprint density at radius 2 is 1.50 bits per heavy atom. The van der Waals surface area contributed by atoms with E-state index in [1.54, 1.807) is 11.8 Å². The summed E-state index contributed by atoms with van der Waals surface area (Å²) in [5.41, 5.74) is 2.05. The lowest BCUT2D eigenvalue weighted by Crippen LogP contribution is -3.00. The molecule has 1 fully saturated rings. The van der Waals surface area contributed by atoms with Crippen LogP contribution in [0.3, 0.4) is 0 Å². The number of piperidine rings is 1. The number of benzene rings is 2. The first kappa shape index (κ1) is 19.5. The largest absolute Gasteiger partial charge is 1.00 e. The van der Waals surface area contributed by atoms with Gasteiger partial charge in [-0.15, -0.1) is 0 Å². The third kappa shape index (κ3) is 3.85. The second-order valence-corrected chi connectivity index (χ2v) is 8.45. The Kier molecular flexibility index (Phi) is 6.10. The molecule has 1 saturated heterocycles. The maximum absolute atomic E-state index is 13.2. The second kappa shape index (κ2) is 8.15. The first-order chi connectivity index (χ1) is 12.2. The molecule has 0 bridgehead atoms. The van der Waals surface area contributed by atoms with Gasteiger partial charge in [-0.05, 0) is 43.5 Å². The number of para-hydroxylation sites is 2. The quantitative estimate of drug-likeness (QED) is 0.689. The molecule has 3 nitrogen and oxygen atoms in total. The first-order valence-corrected chi connectivity index (χ1v) is 10.0. The van der Waals surface area contributed by atoms with Gasteiger partial charge in [-0.3, -0.25) is 9.69 Å². The number of carbonyl (C=O) groups is 1. The van der Waals surface area contributed by atoms with Crippen LogP contribution in [0.4, 0.5) is 11.4 Å². The molecule has 0 N–H and O–H groups in total. The Morgan fingerprint density at radius 1 is 0.962 bits per heavy atom. The highest BCUT2D eigenvalue weighted by Gasteiger charge is 2.31. The summed E-state index contributed by atoms with van der Waals surface area (Å²) in [5.74, 6) is 0.213. The van der Waals surface area contributed by atoms with Crippen molar-refractivity contribution in [2.24, 2.45) is 0 Å². The normalized spacial score (nSPS) is 17.7. The molecule has 0 aromatic heterocycles. The van der Waals surface area contributed by atoms with E-state index in [1.807, 2.05) is 29.2 Å². The smallest absolute Gasteiger partial charge is 0.237 e. The van der Waals surface area contributed by atoms with Crippen molar-refractivity contribution < 1.29 is 26.3 Å². The Balaban J connectivity index is 0.00000196. The minimum atomic E-state index is 0.